The van der Waals surface area contributed by atoms with Crippen LogP contribution in [0.25, 0.3) is 0 Å². The Kier molecular flexibility index (Phi) is 4.21. The number of piperidine rings is 1. The highest BCUT2D eigenvalue weighted by atomic mass is 16.6. The van der Waals surface area contributed by atoms with Gasteiger partial charge in [0.2, 0.25) is 11.6 Å². The molecule has 2 rings (SSSR count). The molecule has 0 amide bonds. The van der Waals surface area contributed by atoms with Gasteiger partial charge in [-0.1, -0.05) is 0 Å². The summed E-state index contributed by atoms with van der Waals surface area (Å²) in [6.45, 7) is 8.46. The van der Waals surface area contributed by atoms with Crippen molar-refractivity contribution in [3.05, 3.63) is 16.4 Å². The number of hydrogen-bond donors (Lipinski definition) is 4. The zero-order valence-corrected chi connectivity index (χ0v) is 13.3. The van der Waals surface area contributed by atoms with Crippen molar-refractivity contribution in [2.75, 3.05) is 10.7 Å². The molecule has 0 unspecified atom stereocenters. The monoisotopic (exact) mass is 309 g/mol. The van der Waals surface area contributed by atoms with Crippen LogP contribution in [-0.4, -0.2) is 32.0 Å². The second-order valence-electron chi connectivity index (χ2n) is 6.96. The van der Waals surface area contributed by atoms with Crippen LogP contribution in [0, 0.1) is 10.1 Å². The van der Waals surface area contributed by atoms with E-state index in [1.807, 2.05) is 0 Å². The van der Waals surface area contributed by atoms with Crippen LogP contribution in [0.1, 0.15) is 40.5 Å². The molecule has 1 aliphatic heterocycles. The highest BCUT2D eigenvalue weighted by molar-refractivity contribution is 5.69. The lowest BCUT2D eigenvalue weighted by Crippen LogP contribution is -2.60. The number of nitrogens with two attached hydrogens (primary N) is 1. The van der Waals surface area contributed by atoms with E-state index < -0.39 is 4.92 Å². The molecule has 1 aromatic rings. The van der Waals surface area contributed by atoms with Crippen LogP contribution in [-0.2, 0) is 0 Å². The van der Waals surface area contributed by atoms with Crippen molar-refractivity contribution >= 4 is 17.3 Å². The summed E-state index contributed by atoms with van der Waals surface area (Å²) >= 11 is 0. The molecular weight excluding hydrogens is 286 g/mol. The van der Waals surface area contributed by atoms with Crippen molar-refractivity contribution < 1.29 is 4.92 Å². The Hall–Kier alpha value is -2.00. The van der Waals surface area contributed by atoms with Gasteiger partial charge in [0, 0.05) is 17.1 Å². The maximum absolute atomic E-state index is 11.3. The van der Waals surface area contributed by atoms with Crippen molar-refractivity contribution in [3.8, 4) is 0 Å². The largest absolute Gasteiger partial charge is 0.361 e. The first kappa shape index (κ1) is 16.4. The number of nitrogen functional groups attached to an aromatic ring is 1. The molecule has 0 atom stereocenters. The minimum Gasteiger partial charge on any atom is -0.361 e. The van der Waals surface area contributed by atoms with Crippen molar-refractivity contribution in [1.29, 1.82) is 0 Å². The third-order valence-corrected chi connectivity index (χ3v) is 3.67. The number of hydrogen-bond acceptors (Lipinski definition) is 8. The minimum absolute atomic E-state index is 0.00467. The number of hydrazine groups is 1. The number of nitro groups is 1. The maximum Gasteiger partial charge on any atom is 0.354 e. The lowest BCUT2D eigenvalue weighted by atomic mass is 9.79. The Morgan fingerprint density at radius 1 is 1.27 bits per heavy atom. The third kappa shape index (κ3) is 3.60. The third-order valence-electron chi connectivity index (χ3n) is 3.67. The van der Waals surface area contributed by atoms with Crippen LogP contribution in [0.2, 0.25) is 0 Å². The molecule has 5 N–H and O–H groups in total. The zero-order chi connectivity index (χ0) is 16.5. The predicted octanol–water partition coefficient (Wildman–Crippen LogP) is 1.39. The fourth-order valence-electron chi connectivity index (χ4n) is 3.38. The van der Waals surface area contributed by atoms with Gasteiger partial charge in [-0.3, -0.25) is 10.1 Å². The molecule has 1 aliphatic rings. The molecule has 9 heteroatoms. The fourth-order valence-corrected chi connectivity index (χ4v) is 3.38. The molecule has 1 aromatic heterocycles. The van der Waals surface area contributed by atoms with Crippen molar-refractivity contribution in [1.82, 2.24) is 15.3 Å². The van der Waals surface area contributed by atoms with Crippen LogP contribution in [0.5, 0.6) is 0 Å². The van der Waals surface area contributed by atoms with Crippen LogP contribution in [0.15, 0.2) is 6.33 Å². The quantitative estimate of drug-likeness (QED) is 0.373. The molecule has 9 nitrogen and oxygen atoms in total. The van der Waals surface area contributed by atoms with E-state index in [1.165, 1.54) is 6.33 Å². The van der Waals surface area contributed by atoms with Gasteiger partial charge in [-0.25, -0.2) is 15.8 Å². The SMILES string of the molecule is CC1(C)CC(Nc2ncnc(NN)c2[N+](=O)[O-])CC(C)(C)N1. The zero-order valence-electron chi connectivity index (χ0n) is 13.3. The minimum atomic E-state index is -0.533. The van der Waals surface area contributed by atoms with Gasteiger partial charge in [-0.2, -0.15) is 0 Å². The molecule has 0 aromatic carbocycles. The molecule has 1 fully saturated rings. The number of nitrogens with zero attached hydrogens (tertiary/aromatic N) is 3. The lowest BCUT2D eigenvalue weighted by Gasteiger charge is -2.46. The number of aromatic nitrogens is 2. The number of nitrogens with one attached hydrogen (secondary N) is 3. The maximum atomic E-state index is 11.3. The van der Waals surface area contributed by atoms with E-state index in [1.54, 1.807) is 0 Å². The molecule has 122 valence electrons. The molecule has 0 spiro atoms. The van der Waals surface area contributed by atoms with Gasteiger partial charge in [0.05, 0.1) is 4.92 Å². The summed E-state index contributed by atoms with van der Waals surface area (Å²) in [4.78, 5) is 18.5. The van der Waals surface area contributed by atoms with Gasteiger partial charge < -0.3 is 16.1 Å². The van der Waals surface area contributed by atoms with Gasteiger partial charge in [0.15, 0.2) is 0 Å². The summed E-state index contributed by atoms with van der Waals surface area (Å²) in [5, 5.41) is 18.0. The van der Waals surface area contributed by atoms with Crippen molar-refractivity contribution in [2.24, 2.45) is 5.84 Å². The first-order valence-corrected chi connectivity index (χ1v) is 7.15. The predicted molar refractivity (Wildman–Crippen MR) is 84.4 cm³/mol. The van der Waals surface area contributed by atoms with Crippen LogP contribution < -0.4 is 21.9 Å². The van der Waals surface area contributed by atoms with E-state index in [9.17, 15) is 10.1 Å². The molecule has 0 bridgehead atoms. The molecule has 0 aliphatic carbocycles. The number of rotatable bonds is 4. The van der Waals surface area contributed by atoms with Crippen LogP contribution >= 0.6 is 0 Å². The van der Waals surface area contributed by atoms with E-state index in [-0.39, 0.29) is 34.4 Å². The summed E-state index contributed by atoms with van der Waals surface area (Å²) in [5.41, 5.74) is 1.86. The molecule has 22 heavy (non-hydrogen) atoms. The van der Waals surface area contributed by atoms with Gasteiger partial charge in [0.25, 0.3) is 0 Å². The second kappa shape index (κ2) is 5.65. The average molecular weight is 309 g/mol. The van der Waals surface area contributed by atoms with Gasteiger partial charge >= 0.3 is 5.69 Å². The summed E-state index contributed by atoms with van der Waals surface area (Å²) in [6, 6.07) is 0.0606. The Morgan fingerprint density at radius 2 is 1.82 bits per heavy atom. The highest BCUT2D eigenvalue weighted by Gasteiger charge is 2.38. The molecule has 0 saturated carbocycles. The first-order valence-electron chi connectivity index (χ1n) is 7.15. The molecule has 1 saturated heterocycles. The van der Waals surface area contributed by atoms with Crippen LogP contribution in [0.3, 0.4) is 0 Å². The smallest absolute Gasteiger partial charge is 0.354 e. The van der Waals surface area contributed by atoms with Gasteiger partial charge in [-0.05, 0) is 40.5 Å². The van der Waals surface area contributed by atoms with Gasteiger partial charge in [-0.15, -0.1) is 0 Å². The van der Waals surface area contributed by atoms with Crippen molar-refractivity contribution in [3.63, 3.8) is 0 Å². The van der Waals surface area contributed by atoms with Crippen LogP contribution in [0.4, 0.5) is 17.3 Å². The highest BCUT2D eigenvalue weighted by Crippen LogP contribution is 2.33. The van der Waals surface area contributed by atoms with Gasteiger partial charge in [0.1, 0.15) is 6.33 Å². The average Bonchev–Trinajstić information content (AvgIpc) is 2.34. The normalized spacial score (nSPS) is 20.4. The molecule has 0 radical (unpaired) electrons. The Balaban J connectivity index is 2.29. The topological polar surface area (TPSA) is 131 Å². The molecular formula is C13H23N7O2. The summed E-state index contributed by atoms with van der Waals surface area (Å²) in [7, 11) is 0. The number of anilines is 2. The Bertz CT molecular complexity index is 558. The Labute approximate surface area is 129 Å². The fraction of sp³-hybridized carbons (Fsp3) is 0.692. The van der Waals surface area contributed by atoms with E-state index in [0.29, 0.717) is 0 Å². The lowest BCUT2D eigenvalue weighted by molar-refractivity contribution is -0.383. The Morgan fingerprint density at radius 3 is 2.32 bits per heavy atom. The van der Waals surface area contributed by atoms with E-state index in [2.05, 4.69) is 53.7 Å². The van der Waals surface area contributed by atoms with E-state index in [4.69, 9.17) is 5.84 Å². The first-order chi connectivity index (χ1) is 10.1. The standard InChI is InChI=1S/C13H23N7O2/c1-12(2)5-8(6-13(3,4)19-12)17-10-9(20(21)22)11(18-14)16-7-15-10/h7-8,19H,5-6,14H2,1-4H3,(H2,15,16,17,18). The van der Waals surface area contributed by atoms with E-state index >= 15 is 0 Å². The molecule has 2 heterocycles. The van der Waals surface area contributed by atoms with E-state index in [0.717, 1.165) is 12.8 Å². The summed E-state index contributed by atoms with van der Waals surface area (Å²) in [5.74, 6) is 5.48. The van der Waals surface area contributed by atoms with Crippen molar-refractivity contribution in [2.45, 2.75) is 57.7 Å². The summed E-state index contributed by atoms with van der Waals surface area (Å²) < 4.78 is 0. The second-order valence-corrected chi connectivity index (χ2v) is 6.96. The summed E-state index contributed by atoms with van der Waals surface area (Å²) in [6.07, 6.45) is 2.90.